The van der Waals surface area contributed by atoms with Crippen molar-refractivity contribution in [3.63, 3.8) is 0 Å². The van der Waals surface area contributed by atoms with Crippen molar-refractivity contribution in [3.8, 4) is 11.3 Å². The van der Waals surface area contributed by atoms with Crippen LogP contribution in [0.4, 0.5) is 8.78 Å². The van der Waals surface area contributed by atoms with E-state index in [9.17, 15) is 8.78 Å². The summed E-state index contributed by atoms with van der Waals surface area (Å²) < 4.78 is 28.3. The standard InChI is InChI=1S/C19H20F2N4O/c1-18(2)11-6-7-19(18,9-15(22)25-26)17-10(11)8-14(23-24-17)16-12(20)4-3-5-13(16)21/h3-5,8,11,26H,6-7,9H2,1-2H3,(H2,22,25)/t11-,19-/m0/s1. The van der Waals surface area contributed by atoms with Crippen LogP contribution in [0.15, 0.2) is 24.3 Å². The molecular weight excluding hydrogens is 338 g/mol. The monoisotopic (exact) mass is 358 g/mol. The highest BCUT2D eigenvalue weighted by Gasteiger charge is 2.63. The molecule has 0 unspecified atom stereocenters. The van der Waals surface area contributed by atoms with Gasteiger partial charge in [-0.1, -0.05) is 19.9 Å². The molecule has 26 heavy (non-hydrogen) atoms. The Morgan fingerprint density at radius 1 is 1.31 bits per heavy atom. The first-order valence-electron chi connectivity index (χ1n) is 8.62. The molecule has 1 fully saturated rings. The van der Waals surface area contributed by atoms with E-state index in [0.717, 1.165) is 24.1 Å². The molecule has 1 aromatic heterocycles. The molecule has 1 aromatic carbocycles. The molecule has 5 nitrogen and oxygen atoms in total. The molecular formula is C19H20F2N4O. The van der Waals surface area contributed by atoms with Gasteiger partial charge in [0.25, 0.3) is 0 Å². The van der Waals surface area contributed by atoms with Gasteiger partial charge in [-0.15, -0.1) is 0 Å². The minimum absolute atomic E-state index is 0.0256. The molecule has 0 radical (unpaired) electrons. The molecule has 2 aliphatic carbocycles. The third-order valence-electron chi connectivity index (χ3n) is 6.45. The van der Waals surface area contributed by atoms with Gasteiger partial charge in [-0.3, -0.25) is 16.1 Å². The predicted octanol–water partition coefficient (Wildman–Crippen LogP) is 3.92. The van der Waals surface area contributed by atoms with Crippen molar-refractivity contribution >= 4 is 5.84 Å². The van der Waals surface area contributed by atoms with Crippen molar-refractivity contribution in [1.82, 2.24) is 15.7 Å². The molecule has 2 aliphatic rings. The number of fused-ring (bicyclic) bond motifs is 5. The molecule has 7 heteroatoms. The van der Waals surface area contributed by atoms with E-state index in [2.05, 4.69) is 24.0 Å². The van der Waals surface area contributed by atoms with E-state index in [1.54, 1.807) is 6.07 Å². The van der Waals surface area contributed by atoms with Gasteiger partial charge in [-0.05, 0) is 47.9 Å². The van der Waals surface area contributed by atoms with Crippen molar-refractivity contribution in [2.75, 3.05) is 0 Å². The maximum Gasteiger partial charge on any atom is 0.135 e. The second-order valence-corrected chi connectivity index (χ2v) is 7.79. The highest BCUT2D eigenvalue weighted by atomic mass is 19.1. The van der Waals surface area contributed by atoms with Crippen molar-refractivity contribution in [2.45, 2.75) is 44.4 Å². The maximum absolute atomic E-state index is 14.1. The average molecular weight is 358 g/mol. The van der Waals surface area contributed by atoms with Gasteiger partial charge in [0.05, 0.1) is 17.0 Å². The Labute approximate surface area is 149 Å². The molecule has 3 N–H and O–H groups in total. The summed E-state index contributed by atoms with van der Waals surface area (Å²) in [6.45, 7) is 4.25. The van der Waals surface area contributed by atoms with Crippen LogP contribution in [0.5, 0.6) is 0 Å². The SMILES string of the molecule is CC1(C)[C@H]2CC[C@]1(CC(=N)NO)c1nnc(-c3c(F)cccc3F)cc12. The van der Waals surface area contributed by atoms with Crippen LogP contribution in [-0.4, -0.2) is 21.2 Å². The highest BCUT2D eigenvalue weighted by molar-refractivity contribution is 5.80. The fourth-order valence-electron chi connectivity index (χ4n) is 5.02. The molecule has 2 atom stereocenters. The van der Waals surface area contributed by atoms with Crippen LogP contribution < -0.4 is 5.48 Å². The predicted molar refractivity (Wildman–Crippen MR) is 92.1 cm³/mol. The van der Waals surface area contributed by atoms with Gasteiger partial charge in [-0.25, -0.2) is 8.78 Å². The largest absolute Gasteiger partial charge is 0.290 e. The molecule has 0 amide bonds. The Bertz CT molecular complexity index is 894. The van der Waals surface area contributed by atoms with E-state index in [4.69, 9.17) is 10.6 Å². The molecule has 1 heterocycles. The van der Waals surface area contributed by atoms with Gasteiger partial charge in [0.1, 0.15) is 17.5 Å². The Hall–Kier alpha value is -2.41. The highest BCUT2D eigenvalue weighted by Crippen LogP contribution is 2.68. The van der Waals surface area contributed by atoms with E-state index in [1.165, 1.54) is 18.2 Å². The zero-order chi connectivity index (χ0) is 18.7. The Morgan fingerprint density at radius 3 is 2.65 bits per heavy atom. The second-order valence-electron chi connectivity index (χ2n) is 7.79. The fourth-order valence-corrected chi connectivity index (χ4v) is 5.02. The smallest absolute Gasteiger partial charge is 0.135 e. The Morgan fingerprint density at radius 2 is 2.00 bits per heavy atom. The van der Waals surface area contributed by atoms with Crippen molar-refractivity contribution in [2.24, 2.45) is 5.41 Å². The summed E-state index contributed by atoms with van der Waals surface area (Å²) in [6, 6.07) is 5.48. The normalized spacial score (nSPS) is 25.2. The van der Waals surface area contributed by atoms with Crippen LogP contribution in [0, 0.1) is 22.5 Å². The molecule has 0 spiro atoms. The van der Waals surface area contributed by atoms with Crippen LogP contribution in [0.3, 0.4) is 0 Å². The summed E-state index contributed by atoms with van der Waals surface area (Å²) in [7, 11) is 0. The first-order chi connectivity index (χ1) is 12.3. The van der Waals surface area contributed by atoms with E-state index in [0.29, 0.717) is 6.42 Å². The van der Waals surface area contributed by atoms with Crippen LogP contribution >= 0.6 is 0 Å². The molecule has 4 rings (SSSR count). The van der Waals surface area contributed by atoms with Gasteiger partial charge in [-0.2, -0.15) is 10.2 Å². The minimum atomic E-state index is -0.664. The van der Waals surface area contributed by atoms with E-state index in [-0.39, 0.29) is 28.4 Å². The third kappa shape index (κ3) is 2.06. The van der Waals surface area contributed by atoms with Gasteiger partial charge in [0.2, 0.25) is 0 Å². The summed E-state index contributed by atoms with van der Waals surface area (Å²) in [5.74, 6) is -1.13. The number of hydrogen-bond acceptors (Lipinski definition) is 4. The number of hydroxylamine groups is 1. The van der Waals surface area contributed by atoms with Crippen molar-refractivity contribution in [1.29, 1.82) is 5.41 Å². The summed E-state index contributed by atoms with van der Waals surface area (Å²) in [4.78, 5) is 0. The Kier molecular flexibility index (Phi) is 3.63. The minimum Gasteiger partial charge on any atom is -0.290 e. The molecule has 2 aromatic rings. The topological polar surface area (TPSA) is 81.9 Å². The number of halogens is 2. The third-order valence-corrected chi connectivity index (χ3v) is 6.45. The van der Waals surface area contributed by atoms with Crippen LogP contribution in [0.2, 0.25) is 0 Å². The van der Waals surface area contributed by atoms with Crippen molar-refractivity contribution in [3.05, 3.63) is 47.2 Å². The number of amidine groups is 1. The number of rotatable bonds is 3. The lowest BCUT2D eigenvalue weighted by Gasteiger charge is -2.37. The average Bonchev–Trinajstić information content (AvgIpc) is 2.95. The summed E-state index contributed by atoms with van der Waals surface area (Å²) >= 11 is 0. The molecule has 136 valence electrons. The Balaban J connectivity index is 1.87. The second kappa shape index (κ2) is 5.54. The molecule has 1 saturated carbocycles. The van der Waals surface area contributed by atoms with Gasteiger partial charge < -0.3 is 0 Å². The van der Waals surface area contributed by atoms with E-state index >= 15 is 0 Å². The first kappa shape index (κ1) is 17.0. The molecule has 0 saturated heterocycles. The number of nitrogens with one attached hydrogen (secondary N) is 2. The lowest BCUT2D eigenvalue weighted by Crippen LogP contribution is -2.40. The lowest BCUT2D eigenvalue weighted by atomic mass is 9.66. The first-order valence-corrected chi connectivity index (χ1v) is 8.62. The summed E-state index contributed by atoms with van der Waals surface area (Å²) in [5.41, 5.74) is 3.06. The quantitative estimate of drug-likeness (QED) is 0.441. The number of hydrogen-bond donors (Lipinski definition) is 3. The van der Waals surface area contributed by atoms with E-state index in [1.807, 2.05) is 5.48 Å². The summed E-state index contributed by atoms with van der Waals surface area (Å²) in [6.07, 6.45) is 2.06. The van der Waals surface area contributed by atoms with Crippen LogP contribution in [0.1, 0.15) is 50.3 Å². The van der Waals surface area contributed by atoms with Crippen molar-refractivity contribution < 1.29 is 14.0 Å². The number of nitrogens with zero attached hydrogens (tertiary/aromatic N) is 2. The summed E-state index contributed by atoms with van der Waals surface area (Å²) in [5, 5.41) is 25.5. The molecule has 2 bridgehead atoms. The van der Waals surface area contributed by atoms with E-state index < -0.39 is 17.0 Å². The van der Waals surface area contributed by atoms with Crippen LogP contribution in [-0.2, 0) is 5.41 Å². The van der Waals surface area contributed by atoms with Gasteiger partial charge in [0.15, 0.2) is 0 Å². The van der Waals surface area contributed by atoms with Crippen LogP contribution in [0.25, 0.3) is 11.3 Å². The fraction of sp³-hybridized carbons (Fsp3) is 0.421. The lowest BCUT2D eigenvalue weighted by molar-refractivity contribution is 0.193. The number of aromatic nitrogens is 2. The maximum atomic E-state index is 14.1. The van der Waals surface area contributed by atoms with Gasteiger partial charge in [0, 0.05) is 11.8 Å². The zero-order valence-electron chi connectivity index (χ0n) is 14.6. The van der Waals surface area contributed by atoms with Gasteiger partial charge >= 0.3 is 0 Å². The number of benzene rings is 1. The zero-order valence-corrected chi connectivity index (χ0v) is 14.6. The molecule has 0 aliphatic heterocycles.